The summed E-state index contributed by atoms with van der Waals surface area (Å²) in [6.07, 6.45) is 0. The lowest BCUT2D eigenvalue weighted by molar-refractivity contribution is 0.395. The molecule has 5 heterocycles. The van der Waals surface area contributed by atoms with Crippen molar-refractivity contribution in [3.8, 4) is 68.5 Å². The molecule has 0 amide bonds. The van der Waals surface area contributed by atoms with Gasteiger partial charge in [-0.1, -0.05) is 24.3 Å². The minimum Gasteiger partial charge on any atom is -0.496 e. The number of hydrogen-bond donors (Lipinski definition) is 0. The maximum atomic E-state index is 13.6. The Hall–Kier alpha value is -7.35. The van der Waals surface area contributed by atoms with E-state index in [0.717, 1.165) is 0 Å². The van der Waals surface area contributed by atoms with Gasteiger partial charge < -0.3 is 32.2 Å². The van der Waals surface area contributed by atoms with Gasteiger partial charge in [-0.05, 0) is 36.4 Å². The molecule has 5 aromatic heterocycles. The number of nitrogens with zero attached hydrogens (tertiary/aromatic N) is 4. The molecule has 8 aromatic rings. The third kappa shape index (κ3) is 5.87. The van der Waals surface area contributed by atoms with Crippen molar-refractivity contribution in [1.82, 2.24) is 19.9 Å². The highest BCUT2D eigenvalue weighted by atomic mass is 16.5. The molecule has 0 saturated heterocycles. The van der Waals surface area contributed by atoms with Gasteiger partial charge in [-0.2, -0.15) is 0 Å². The van der Waals surface area contributed by atoms with Gasteiger partial charge in [0.15, 0.2) is 17.5 Å². The summed E-state index contributed by atoms with van der Waals surface area (Å²) < 4.78 is 38.7. The fourth-order valence-corrected chi connectivity index (χ4v) is 5.89. The van der Waals surface area contributed by atoms with Crippen molar-refractivity contribution >= 4 is 32.9 Å². The topological polar surface area (TPSA) is 179 Å². The average molecular weight is 711 g/mol. The molecule has 0 aliphatic heterocycles. The number of methoxy groups -OCH3 is 4. The molecule has 0 atom stereocenters. The van der Waals surface area contributed by atoms with Crippen LogP contribution in [-0.2, 0) is 0 Å². The van der Waals surface area contributed by atoms with E-state index < -0.39 is 16.9 Å². The lowest BCUT2D eigenvalue weighted by Gasteiger charge is -2.11. The molecule has 0 bridgehead atoms. The first-order valence-corrected chi connectivity index (χ1v) is 15.9. The molecule has 262 valence electrons. The first-order chi connectivity index (χ1) is 25.8. The van der Waals surface area contributed by atoms with E-state index >= 15 is 0 Å². The molecule has 14 nitrogen and oxygen atoms in total. The summed E-state index contributed by atoms with van der Waals surface area (Å²) in [5.74, 6) is 1.24. The van der Waals surface area contributed by atoms with Gasteiger partial charge in [0.1, 0.15) is 56.6 Å². The van der Waals surface area contributed by atoms with Crippen molar-refractivity contribution in [2.24, 2.45) is 0 Å². The van der Waals surface area contributed by atoms with Crippen LogP contribution in [0.5, 0.6) is 23.0 Å². The van der Waals surface area contributed by atoms with E-state index in [-0.39, 0.29) is 56.7 Å². The average Bonchev–Trinajstić information content (AvgIpc) is 3.18. The zero-order valence-electron chi connectivity index (χ0n) is 28.5. The second kappa shape index (κ2) is 13.1. The van der Waals surface area contributed by atoms with Crippen molar-refractivity contribution in [2.75, 3.05) is 28.4 Å². The Morgan fingerprint density at radius 2 is 0.962 bits per heavy atom. The molecule has 0 N–H and O–H groups in total. The highest BCUT2D eigenvalue weighted by Crippen LogP contribution is 2.35. The Bertz CT molecular complexity index is 2810. The summed E-state index contributed by atoms with van der Waals surface area (Å²) in [7, 11) is 5.89. The molecule has 0 unspecified atom stereocenters. The van der Waals surface area contributed by atoms with Crippen LogP contribution in [0.1, 0.15) is 0 Å². The van der Waals surface area contributed by atoms with E-state index in [1.807, 2.05) is 12.1 Å². The monoisotopic (exact) mass is 710 g/mol. The molecule has 3 aromatic carbocycles. The predicted molar refractivity (Wildman–Crippen MR) is 194 cm³/mol. The second-order valence-corrected chi connectivity index (χ2v) is 11.6. The number of rotatable bonds is 8. The zero-order valence-corrected chi connectivity index (χ0v) is 28.5. The third-order valence-electron chi connectivity index (χ3n) is 8.50. The molecular formula is C39H26N4O10. The van der Waals surface area contributed by atoms with Gasteiger partial charge in [0.25, 0.3) is 0 Å². The minimum absolute atomic E-state index is 0.0283. The van der Waals surface area contributed by atoms with Crippen LogP contribution in [0.25, 0.3) is 78.5 Å². The van der Waals surface area contributed by atoms with Crippen LogP contribution >= 0.6 is 0 Å². The minimum atomic E-state index is -0.786. The van der Waals surface area contributed by atoms with Crippen LogP contribution < -0.4 is 35.8 Å². The van der Waals surface area contributed by atoms with Gasteiger partial charge in [-0.15, -0.1) is 0 Å². The van der Waals surface area contributed by atoms with Crippen LogP contribution in [0.3, 0.4) is 0 Å². The lowest BCUT2D eigenvalue weighted by atomic mass is 10.1. The molecule has 14 heteroatoms. The first kappa shape index (κ1) is 32.8. The lowest BCUT2D eigenvalue weighted by Crippen LogP contribution is -2.12. The van der Waals surface area contributed by atoms with E-state index in [0.29, 0.717) is 44.7 Å². The van der Waals surface area contributed by atoms with Crippen LogP contribution in [0.4, 0.5) is 0 Å². The summed E-state index contributed by atoms with van der Waals surface area (Å²) in [5, 5.41) is 1.56. The van der Waals surface area contributed by atoms with Gasteiger partial charge in [-0.3, -0.25) is 0 Å². The highest BCUT2D eigenvalue weighted by Gasteiger charge is 2.22. The van der Waals surface area contributed by atoms with Gasteiger partial charge in [0.05, 0.1) is 50.5 Å². The molecule has 0 aliphatic carbocycles. The largest absolute Gasteiger partial charge is 0.496 e. The number of aromatic nitrogens is 4. The normalized spacial score (nSPS) is 11.2. The maximum absolute atomic E-state index is 13.6. The third-order valence-corrected chi connectivity index (χ3v) is 8.50. The molecular weight excluding hydrogens is 684 g/mol. The van der Waals surface area contributed by atoms with Crippen molar-refractivity contribution in [2.45, 2.75) is 0 Å². The Morgan fingerprint density at radius 1 is 0.453 bits per heavy atom. The number of para-hydroxylation sites is 1. The van der Waals surface area contributed by atoms with E-state index in [9.17, 15) is 14.4 Å². The van der Waals surface area contributed by atoms with E-state index in [1.165, 1.54) is 40.6 Å². The Kier molecular flexibility index (Phi) is 8.10. The van der Waals surface area contributed by atoms with E-state index in [2.05, 4.69) is 15.0 Å². The van der Waals surface area contributed by atoms with Crippen molar-refractivity contribution in [1.29, 1.82) is 0 Å². The maximum Gasteiger partial charge on any atom is 0.347 e. The number of ether oxygens (including phenoxy) is 4. The summed E-state index contributed by atoms with van der Waals surface area (Å²) in [6, 6.07) is 23.1. The zero-order chi connectivity index (χ0) is 36.8. The Labute approximate surface area is 297 Å². The van der Waals surface area contributed by atoms with Gasteiger partial charge in [-0.25, -0.2) is 34.3 Å². The summed E-state index contributed by atoms with van der Waals surface area (Å²) in [5.41, 5.74) is -0.794. The van der Waals surface area contributed by atoms with Crippen LogP contribution in [0.2, 0.25) is 0 Å². The van der Waals surface area contributed by atoms with Crippen LogP contribution in [0.15, 0.2) is 113 Å². The quantitative estimate of drug-likeness (QED) is 0.161. The van der Waals surface area contributed by atoms with Crippen LogP contribution in [-0.4, -0.2) is 48.4 Å². The number of fused-ring (bicyclic) bond motifs is 3. The molecule has 0 aliphatic rings. The fraction of sp³-hybridized carbons (Fsp3) is 0.103. The number of benzene rings is 3. The molecule has 8 rings (SSSR count). The summed E-state index contributed by atoms with van der Waals surface area (Å²) in [6.45, 7) is 0. The number of pyridine rings is 1. The molecule has 0 spiro atoms. The number of hydrogen-bond acceptors (Lipinski definition) is 14. The van der Waals surface area contributed by atoms with Crippen molar-refractivity contribution < 1.29 is 32.2 Å². The predicted octanol–water partition coefficient (Wildman–Crippen LogP) is 6.29. The van der Waals surface area contributed by atoms with Crippen molar-refractivity contribution in [3.05, 3.63) is 116 Å². The highest BCUT2D eigenvalue weighted by molar-refractivity contribution is 5.89. The second-order valence-electron chi connectivity index (χ2n) is 11.6. The van der Waals surface area contributed by atoms with E-state index in [4.69, 9.17) is 37.2 Å². The standard InChI is InChI=1S/C39H26N4O10/c1-47-20-13-30(49-3)23-17-25(38(45)52-32(23)15-20)34-41-35(26-18-24-31(50-4)14-21(48-2)16-33(24)53-39(26)46)43-36(42-34)28-10-7-9-27(40-28)22-12-19-8-5-6-11-29(19)51-37(22)44/h5-18H,1-4H3. The Morgan fingerprint density at radius 3 is 1.53 bits per heavy atom. The molecule has 0 radical (unpaired) electrons. The smallest absolute Gasteiger partial charge is 0.347 e. The van der Waals surface area contributed by atoms with Gasteiger partial charge in [0.2, 0.25) is 0 Å². The van der Waals surface area contributed by atoms with Gasteiger partial charge in [0, 0.05) is 29.7 Å². The van der Waals surface area contributed by atoms with Crippen LogP contribution in [0, 0.1) is 0 Å². The fourth-order valence-electron chi connectivity index (χ4n) is 5.89. The van der Waals surface area contributed by atoms with Gasteiger partial charge >= 0.3 is 16.9 Å². The SMILES string of the molecule is COc1cc(OC)c2cc(-c3nc(-c4cccc(-c5cc6ccccc6oc5=O)n4)nc(-c4cc5c(OC)cc(OC)cc5oc4=O)n3)c(=O)oc2c1. The molecule has 0 saturated carbocycles. The molecule has 53 heavy (non-hydrogen) atoms. The molecule has 0 fully saturated rings. The first-order valence-electron chi connectivity index (χ1n) is 15.9. The Balaban J connectivity index is 1.37. The summed E-state index contributed by atoms with van der Waals surface area (Å²) in [4.78, 5) is 58.8. The summed E-state index contributed by atoms with van der Waals surface area (Å²) >= 11 is 0. The van der Waals surface area contributed by atoms with E-state index in [1.54, 1.807) is 60.7 Å². The van der Waals surface area contributed by atoms with Crippen molar-refractivity contribution in [3.63, 3.8) is 0 Å².